The van der Waals surface area contributed by atoms with Crippen LogP contribution in [0.15, 0.2) is 40.9 Å². The van der Waals surface area contributed by atoms with Gasteiger partial charge in [-0.25, -0.2) is 0 Å². The van der Waals surface area contributed by atoms with Gasteiger partial charge in [0.05, 0.1) is 27.2 Å². The molecule has 3 nitrogen and oxygen atoms in total. The van der Waals surface area contributed by atoms with Crippen LogP contribution in [-0.2, 0) is 6.61 Å². The van der Waals surface area contributed by atoms with Crippen LogP contribution in [0.3, 0.4) is 0 Å². The normalized spacial score (nSPS) is 11.0. The van der Waals surface area contributed by atoms with E-state index in [2.05, 4.69) is 5.16 Å². The van der Waals surface area contributed by atoms with E-state index in [0.29, 0.717) is 48.2 Å². The summed E-state index contributed by atoms with van der Waals surface area (Å²) in [6, 6.07) is 10.1. The number of rotatable bonds is 3. The fourth-order valence-electron chi connectivity index (χ4n) is 2.24. The molecule has 118 valence electrons. The van der Waals surface area contributed by atoms with Crippen LogP contribution in [0.5, 0.6) is 0 Å². The number of aliphatic hydroxyl groups excluding tert-OH is 1. The maximum atomic E-state index is 9.78. The molecule has 0 amide bonds. The number of hydrogen-bond acceptors (Lipinski definition) is 3. The first-order chi connectivity index (χ1) is 11.0. The van der Waals surface area contributed by atoms with Crippen molar-refractivity contribution in [1.29, 1.82) is 0 Å². The summed E-state index contributed by atoms with van der Waals surface area (Å²) in [5, 5.41) is 15.5. The number of aliphatic hydroxyl groups is 1. The quantitative estimate of drug-likeness (QED) is 0.588. The number of aromatic nitrogens is 1. The summed E-state index contributed by atoms with van der Waals surface area (Å²) >= 11 is 24.5. The van der Waals surface area contributed by atoms with Crippen LogP contribution in [0.1, 0.15) is 5.56 Å². The zero-order valence-corrected chi connectivity index (χ0v) is 14.5. The summed E-state index contributed by atoms with van der Waals surface area (Å²) in [7, 11) is 0. The highest BCUT2D eigenvalue weighted by atomic mass is 35.5. The lowest BCUT2D eigenvalue weighted by molar-refractivity contribution is 0.281. The topological polar surface area (TPSA) is 46.3 Å². The van der Waals surface area contributed by atoms with Gasteiger partial charge in [-0.2, -0.15) is 0 Å². The lowest BCUT2D eigenvalue weighted by Gasteiger charge is -2.06. The van der Waals surface area contributed by atoms with Crippen molar-refractivity contribution in [2.45, 2.75) is 6.61 Å². The molecule has 0 radical (unpaired) electrons. The van der Waals surface area contributed by atoms with Crippen LogP contribution < -0.4 is 0 Å². The van der Waals surface area contributed by atoms with Gasteiger partial charge in [-0.1, -0.05) is 57.6 Å². The van der Waals surface area contributed by atoms with Gasteiger partial charge in [0.1, 0.15) is 5.69 Å². The molecule has 1 aromatic heterocycles. The highest BCUT2D eigenvalue weighted by Crippen LogP contribution is 2.40. The van der Waals surface area contributed by atoms with Gasteiger partial charge in [-0.05, 0) is 30.3 Å². The first kappa shape index (κ1) is 16.6. The van der Waals surface area contributed by atoms with Gasteiger partial charge in [0.15, 0.2) is 5.76 Å². The Morgan fingerprint density at radius 1 is 0.957 bits per heavy atom. The molecule has 0 bridgehead atoms. The van der Waals surface area contributed by atoms with Gasteiger partial charge in [0.25, 0.3) is 0 Å². The molecule has 7 heteroatoms. The van der Waals surface area contributed by atoms with Crippen molar-refractivity contribution in [2.24, 2.45) is 0 Å². The smallest absolute Gasteiger partial charge is 0.174 e. The molecule has 1 heterocycles. The van der Waals surface area contributed by atoms with E-state index in [-0.39, 0.29) is 6.61 Å². The second-order valence-corrected chi connectivity index (χ2v) is 6.35. The van der Waals surface area contributed by atoms with Crippen LogP contribution in [0.25, 0.3) is 22.6 Å². The molecule has 3 rings (SSSR count). The lowest BCUT2D eigenvalue weighted by atomic mass is 10.0. The molecule has 2 aromatic carbocycles. The fraction of sp³-hybridized carbons (Fsp3) is 0.0625. The van der Waals surface area contributed by atoms with Crippen molar-refractivity contribution in [1.82, 2.24) is 5.16 Å². The molecule has 0 saturated carbocycles. The summed E-state index contributed by atoms with van der Waals surface area (Å²) in [6.07, 6.45) is 0. The zero-order valence-electron chi connectivity index (χ0n) is 11.5. The van der Waals surface area contributed by atoms with Crippen LogP contribution in [-0.4, -0.2) is 10.3 Å². The average Bonchev–Trinajstić information content (AvgIpc) is 2.96. The van der Waals surface area contributed by atoms with Crippen molar-refractivity contribution >= 4 is 46.4 Å². The number of benzene rings is 2. The van der Waals surface area contributed by atoms with E-state index in [1.165, 1.54) is 0 Å². The standard InChI is InChI=1S/C16H9Cl4NO2/c17-8-4-5-12(18)10(6-8)15-11(7-22)16(23-21-15)9-2-1-3-13(19)14(9)20/h1-6,22H,7H2. The van der Waals surface area contributed by atoms with Crippen LogP contribution in [0, 0.1) is 0 Å². The molecule has 0 aliphatic rings. The van der Waals surface area contributed by atoms with E-state index in [1.807, 2.05) is 0 Å². The van der Waals surface area contributed by atoms with E-state index < -0.39 is 0 Å². The molecule has 0 spiro atoms. The minimum Gasteiger partial charge on any atom is -0.391 e. The summed E-state index contributed by atoms with van der Waals surface area (Å²) in [5.74, 6) is 0.339. The van der Waals surface area contributed by atoms with Gasteiger partial charge < -0.3 is 9.63 Å². The van der Waals surface area contributed by atoms with Gasteiger partial charge in [0, 0.05) is 16.1 Å². The van der Waals surface area contributed by atoms with Crippen molar-refractivity contribution in [3.8, 4) is 22.6 Å². The summed E-state index contributed by atoms with van der Waals surface area (Å²) in [6.45, 7) is -0.306. The Kier molecular flexibility index (Phi) is 4.85. The Morgan fingerprint density at radius 3 is 2.48 bits per heavy atom. The van der Waals surface area contributed by atoms with Crippen LogP contribution in [0.2, 0.25) is 20.1 Å². The lowest BCUT2D eigenvalue weighted by Crippen LogP contribution is -1.90. The number of halogens is 4. The minimum absolute atomic E-state index is 0.306. The maximum Gasteiger partial charge on any atom is 0.174 e. The maximum absolute atomic E-state index is 9.78. The molecule has 3 aromatic rings. The van der Waals surface area contributed by atoms with Gasteiger partial charge >= 0.3 is 0 Å². The third kappa shape index (κ3) is 3.08. The highest BCUT2D eigenvalue weighted by Gasteiger charge is 2.22. The molecular weight excluding hydrogens is 380 g/mol. The number of nitrogens with zero attached hydrogens (tertiary/aromatic N) is 1. The zero-order chi connectivity index (χ0) is 16.6. The Labute approximate surface area is 152 Å². The average molecular weight is 389 g/mol. The summed E-state index contributed by atoms with van der Waals surface area (Å²) in [4.78, 5) is 0. The predicted molar refractivity (Wildman–Crippen MR) is 93.3 cm³/mol. The monoisotopic (exact) mass is 387 g/mol. The summed E-state index contributed by atoms with van der Waals surface area (Å²) < 4.78 is 5.40. The Morgan fingerprint density at radius 2 is 1.74 bits per heavy atom. The van der Waals surface area contributed by atoms with E-state index in [0.717, 1.165) is 0 Å². The summed E-state index contributed by atoms with van der Waals surface area (Å²) in [5.41, 5.74) is 1.97. The third-order valence-corrected chi connectivity index (χ3v) is 4.71. The molecule has 23 heavy (non-hydrogen) atoms. The first-order valence-corrected chi connectivity index (χ1v) is 8.03. The SMILES string of the molecule is OCc1c(-c2cc(Cl)ccc2Cl)noc1-c1cccc(Cl)c1Cl. The Hall–Kier alpha value is -1.23. The molecule has 0 aliphatic heterocycles. The van der Waals surface area contributed by atoms with Gasteiger partial charge in [0.2, 0.25) is 0 Å². The van der Waals surface area contributed by atoms with E-state index in [1.54, 1.807) is 36.4 Å². The van der Waals surface area contributed by atoms with Crippen molar-refractivity contribution in [2.75, 3.05) is 0 Å². The second kappa shape index (κ2) is 6.71. The third-order valence-electron chi connectivity index (χ3n) is 3.33. The van der Waals surface area contributed by atoms with E-state index in [9.17, 15) is 5.11 Å². The minimum atomic E-state index is -0.306. The van der Waals surface area contributed by atoms with Crippen LogP contribution in [0.4, 0.5) is 0 Å². The molecular formula is C16H9Cl4NO2. The van der Waals surface area contributed by atoms with Gasteiger partial charge in [-0.3, -0.25) is 0 Å². The van der Waals surface area contributed by atoms with Crippen molar-refractivity contribution < 1.29 is 9.63 Å². The van der Waals surface area contributed by atoms with E-state index in [4.69, 9.17) is 50.9 Å². The second-order valence-electron chi connectivity index (χ2n) is 4.72. The first-order valence-electron chi connectivity index (χ1n) is 6.52. The molecule has 1 N–H and O–H groups in total. The highest BCUT2D eigenvalue weighted by molar-refractivity contribution is 6.43. The fourth-order valence-corrected chi connectivity index (χ4v) is 3.00. The van der Waals surface area contributed by atoms with Gasteiger partial charge in [-0.15, -0.1) is 0 Å². The van der Waals surface area contributed by atoms with Crippen LogP contribution >= 0.6 is 46.4 Å². The molecule has 0 atom stereocenters. The molecule has 0 fully saturated rings. The van der Waals surface area contributed by atoms with Crippen molar-refractivity contribution in [3.63, 3.8) is 0 Å². The largest absolute Gasteiger partial charge is 0.391 e. The number of hydrogen-bond donors (Lipinski definition) is 1. The van der Waals surface area contributed by atoms with E-state index >= 15 is 0 Å². The Bertz CT molecular complexity index is 857. The Balaban J connectivity index is 2.21. The van der Waals surface area contributed by atoms with Crippen molar-refractivity contribution in [3.05, 3.63) is 62.1 Å². The molecule has 0 unspecified atom stereocenters. The predicted octanol–water partition coefficient (Wildman–Crippen LogP) is 6.11. The molecule has 0 aliphatic carbocycles. The molecule has 0 saturated heterocycles.